The van der Waals surface area contributed by atoms with E-state index in [1.54, 1.807) is 0 Å². The third-order valence-electron chi connectivity index (χ3n) is 7.19. The van der Waals surface area contributed by atoms with Gasteiger partial charge in [0.2, 0.25) is 0 Å². The first-order valence-electron chi connectivity index (χ1n) is 12.6. The quantitative estimate of drug-likeness (QED) is 0.348. The number of hydrogen-bond donors (Lipinski definition) is 0. The molecule has 4 aromatic carbocycles. The van der Waals surface area contributed by atoms with Crippen molar-refractivity contribution in [1.82, 2.24) is 9.80 Å². The molecule has 2 aliphatic rings. The molecule has 0 spiro atoms. The molecule has 178 valence electrons. The van der Waals surface area contributed by atoms with Crippen LogP contribution in [0.4, 0.5) is 5.69 Å². The van der Waals surface area contributed by atoms with Gasteiger partial charge in [0.15, 0.2) is 0 Å². The first-order chi connectivity index (χ1) is 17.7. The van der Waals surface area contributed by atoms with Crippen LogP contribution in [0.5, 0.6) is 0 Å². The number of carbonyl (C=O) groups is 1. The average Bonchev–Trinajstić information content (AvgIpc) is 2.93. The molecule has 2 heterocycles. The van der Waals surface area contributed by atoms with E-state index in [-0.39, 0.29) is 11.9 Å². The monoisotopic (exact) mass is 471 g/mol. The molecular formula is C32H29N3O. The van der Waals surface area contributed by atoms with Crippen molar-refractivity contribution in [3.63, 3.8) is 0 Å². The fourth-order valence-corrected chi connectivity index (χ4v) is 5.40. The van der Waals surface area contributed by atoms with Gasteiger partial charge in [-0.25, -0.2) is 4.99 Å². The van der Waals surface area contributed by atoms with Crippen molar-refractivity contribution < 1.29 is 4.79 Å². The Morgan fingerprint density at radius 2 is 1.42 bits per heavy atom. The van der Waals surface area contributed by atoms with E-state index >= 15 is 0 Å². The van der Waals surface area contributed by atoms with Gasteiger partial charge in [-0.05, 0) is 35.7 Å². The molecule has 1 unspecified atom stereocenters. The van der Waals surface area contributed by atoms with E-state index in [2.05, 4.69) is 70.5 Å². The minimum atomic E-state index is 0.155. The summed E-state index contributed by atoms with van der Waals surface area (Å²) in [6.45, 7) is 3.51. The zero-order chi connectivity index (χ0) is 24.3. The van der Waals surface area contributed by atoms with E-state index in [1.165, 1.54) is 5.56 Å². The van der Waals surface area contributed by atoms with E-state index in [1.807, 2.05) is 48.5 Å². The molecule has 0 N–H and O–H groups in total. The van der Waals surface area contributed by atoms with Crippen molar-refractivity contribution in [1.29, 1.82) is 0 Å². The zero-order valence-corrected chi connectivity index (χ0v) is 20.3. The summed E-state index contributed by atoms with van der Waals surface area (Å²) in [5, 5.41) is 0. The number of aliphatic imine (C=N–C) groups is 1. The van der Waals surface area contributed by atoms with Gasteiger partial charge < -0.3 is 4.90 Å². The molecule has 0 radical (unpaired) electrons. The van der Waals surface area contributed by atoms with Crippen molar-refractivity contribution in [2.75, 3.05) is 19.6 Å². The second kappa shape index (κ2) is 9.92. The van der Waals surface area contributed by atoms with E-state index in [9.17, 15) is 4.79 Å². The Morgan fingerprint density at radius 1 is 0.778 bits per heavy atom. The molecule has 0 aromatic heterocycles. The van der Waals surface area contributed by atoms with Crippen LogP contribution in [0.1, 0.15) is 32.6 Å². The van der Waals surface area contributed by atoms with Gasteiger partial charge in [-0.2, -0.15) is 0 Å². The lowest BCUT2D eigenvalue weighted by Gasteiger charge is -2.44. The van der Waals surface area contributed by atoms with Crippen molar-refractivity contribution >= 4 is 17.3 Å². The van der Waals surface area contributed by atoms with Gasteiger partial charge in [0.25, 0.3) is 5.91 Å². The summed E-state index contributed by atoms with van der Waals surface area (Å²) >= 11 is 0. The largest absolute Gasteiger partial charge is 0.333 e. The van der Waals surface area contributed by atoms with Crippen LogP contribution in [0.3, 0.4) is 0 Å². The highest BCUT2D eigenvalue weighted by Gasteiger charge is 2.36. The smallest absolute Gasteiger partial charge is 0.254 e. The zero-order valence-electron chi connectivity index (χ0n) is 20.3. The lowest BCUT2D eigenvalue weighted by Crippen LogP contribution is -2.57. The van der Waals surface area contributed by atoms with Crippen LogP contribution < -0.4 is 0 Å². The number of fused-ring (bicyclic) bond motifs is 2. The van der Waals surface area contributed by atoms with Gasteiger partial charge in [-0.15, -0.1) is 0 Å². The van der Waals surface area contributed by atoms with Crippen LogP contribution in [-0.4, -0.2) is 47.1 Å². The minimum absolute atomic E-state index is 0.155. The van der Waals surface area contributed by atoms with Crippen LogP contribution in [0.2, 0.25) is 0 Å². The Kier molecular flexibility index (Phi) is 6.18. The summed E-state index contributed by atoms with van der Waals surface area (Å²) in [6.07, 6.45) is 0.863. The molecule has 1 amide bonds. The van der Waals surface area contributed by atoms with Gasteiger partial charge in [0, 0.05) is 48.9 Å². The summed E-state index contributed by atoms with van der Waals surface area (Å²) in [6, 6.07) is 37.4. The molecule has 36 heavy (non-hydrogen) atoms. The number of amides is 1. The molecule has 6 rings (SSSR count). The van der Waals surface area contributed by atoms with Gasteiger partial charge >= 0.3 is 0 Å². The second-order valence-corrected chi connectivity index (χ2v) is 9.61. The summed E-state index contributed by atoms with van der Waals surface area (Å²) < 4.78 is 0. The van der Waals surface area contributed by atoms with Crippen LogP contribution in [0, 0.1) is 0 Å². The number of benzene rings is 4. The Bertz CT molecular complexity index is 1340. The second-order valence-electron chi connectivity index (χ2n) is 9.61. The Balaban J connectivity index is 1.29. The maximum absolute atomic E-state index is 13.4. The molecular weight excluding hydrogens is 442 g/mol. The van der Waals surface area contributed by atoms with Crippen molar-refractivity contribution in [2.24, 2.45) is 4.99 Å². The topological polar surface area (TPSA) is 35.9 Å². The SMILES string of the molecule is O=C1c2ccc(N=C(c3ccccc3)c3ccccc3)cc2CC2CN(Cc3ccccc3)CCN12. The van der Waals surface area contributed by atoms with Crippen molar-refractivity contribution in [3.8, 4) is 0 Å². The van der Waals surface area contributed by atoms with Gasteiger partial charge in [0.1, 0.15) is 0 Å². The summed E-state index contributed by atoms with van der Waals surface area (Å²) in [7, 11) is 0. The first kappa shape index (κ1) is 22.4. The Hall–Kier alpha value is -4.02. The van der Waals surface area contributed by atoms with E-state index in [0.29, 0.717) is 0 Å². The molecule has 0 saturated carbocycles. The third kappa shape index (κ3) is 4.60. The predicted molar refractivity (Wildman–Crippen MR) is 145 cm³/mol. The van der Waals surface area contributed by atoms with E-state index in [4.69, 9.17) is 4.99 Å². The fraction of sp³-hybridized carbons (Fsp3) is 0.188. The molecule has 0 aliphatic carbocycles. The molecule has 1 fully saturated rings. The van der Waals surface area contributed by atoms with E-state index in [0.717, 1.165) is 66.3 Å². The van der Waals surface area contributed by atoms with Gasteiger partial charge in [-0.3, -0.25) is 9.69 Å². The minimum Gasteiger partial charge on any atom is -0.333 e. The van der Waals surface area contributed by atoms with Crippen LogP contribution in [-0.2, 0) is 13.0 Å². The number of nitrogens with zero attached hydrogens (tertiary/aromatic N) is 3. The first-order valence-corrected chi connectivity index (χ1v) is 12.6. The summed E-state index contributed by atoms with van der Waals surface area (Å²) in [5.41, 5.74) is 7.22. The summed E-state index contributed by atoms with van der Waals surface area (Å²) in [4.78, 5) is 23.0. The van der Waals surface area contributed by atoms with Crippen molar-refractivity contribution in [2.45, 2.75) is 19.0 Å². The third-order valence-corrected chi connectivity index (χ3v) is 7.19. The van der Waals surface area contributed by atoms with Gasteiger partial charge in [-0.1, -0.05) is 91.0 Å². The highest BCUT2D eigenvalue weighted by Crippen LogP contribution is 2.30. The number of piperazine rings is 1. The van der Waals surface area contributed by atoms with Crippen molar-refractivity contribution in [3.05, 3.63) is 137 Å². The maximum Gasteiger partial charge on any atom is 0.254 e. The molecule has 4 aromatic rings. The normalized spacial score (nSPS) is 17.3. The molecule has 1 saturated heterocycles. The molecule has 0 bridgehead atoms. The fourth-order valence-electron chi connectivity index (χ4n) is 5.40. The highest BCUT2D eigenvalue weighted by atomic mass is 16.2. The number of carbonyl (C=O) groups excluding carboxylic acids is 1. The number of rotatable bonds is 5. The Morgan fingerprint density at radius 3 is 2.08 bits per heavy atom. The predicted octanol–water partition coefficient (Wildman–Crippen LogP) is 5.74. The average molecular weight is 472 g/mol. The van der Waals surface area contributed by atoms with Gasteiger partial charge in [0.05, 0.1) is 11.4 Å². The summed E-state index contributed by atoms with van der Waals surface area (Å²) in [5.74, 6) is 0.155. The lowest BCUT2D eigenvalue weighted by atomic mass is 9.91. The van der Waals surface area contributed by atoms with Crippen LogP contribution >= 0.6 is 0 Å². The lowest BCUT2D eigenvalue weighted by molar-refractivity contribution is 0.0402. The van der Waals surface area contributed by atoms with Crippen LogP contribution in [0.25, 0.3) is 0 Å². The number of hydrogen-bond acceptors (Lipinski definition) is 3. The van der Waals surface area contributed by atoms with Crippen LogP contribution in [0.15, 0.2) is 114 Å². The highest BCUT2D eigenvalue weighted by molar-refractivity contribution is 6.14. The molecule has 4 heteroatoms. The molecule has 1 atom stereocenters. The Labute approximate surface area is 212 Å². The standard InChI is InChI=1S/C32H29N3O/c36-32-30-17-16-28(33-31(25-12-6-2-7-13-25)26-14-8-3-9-15-26)20-27(30)21-29-23-34(18-19-35(29)32)22-24-10-4-1-5-11-24/h1-17,20,29H,18-19,21-23H2. The maximum atomic E-state index is 13.4. The van der Waals surface area contributed by atoms with E-state index < -0.39 is 0 Å². The molecule has 4 nitrogen and oxygen atoms in total. The molecule has 2 aliphatic heterocycles.